The van der Waals surface area contributed by atoms with Crippen LogP contribution in [0, 0.1) is 12.3 Å². The van der Waals surface area contributed by atoms with Crippen molar-refractivity contribution >= 4 is 29.8 Å². The lowest BCUT2D eigenvalue weighted by Gasteiger charge is -2.13. The molecule has 0 bridgehead atoms. The standard InChI is InChI=1S/C20H29FN4O4.C12H17NO2.C3H4.C2H6/c1-4-15-14(10-16(29-15)18-19(27)25-20(28)24-18)9-13(11-21)5-6-17(26)23-8-7-22-12(2)3;1-13-8-9-4-3-5-10(15-2)6-7-11(9)12(13)14;1-3-2;1-2/h9-10,12,18,22H,4-8,11H2,1-3H3,(H,23,26)(H2,24,25,27,28);3,5,10H,4,6-8H2,1-2H3;1H,2H3;1-2H3/b13-9-;5-3-;;. The van der Waals surface area contributed by atoms with Gasteiger partial charge in [-0.15, -0.1) is 12.3 Å². The maximum atomic E-state index is 13.5. The summed E-state index contributed by atoms with van der Waals surface area (Å²) in [7, 11) is 3.58. The minimum Gasteiger partial charge on any atom is -0.463 e. The molecule has 1 aromatic rings. The predicted octanol–water partition coefficient (Wildman–Crippen LogP) is 5.15. The van der Waals surface area contributed by atoms with Gasteiger partial charge in [-0.25, -0.2) is 9.18 Å². The van der Waals surface area contributed by atoms with Crippen LogP contribution in [0.1, 0.15) is 96.8 Å². The first-order valence-corrected chi connectivity index (χ1v) is 17.0. The molecule has 0 radical (unpaired) electrons. The SMILES string of the molecule is C#CC.CC.CCc1oc(C2NC(=O)NC2=O)cc1/C=C(\CF)CCC(=O)NCCNC(C)C.COC1/C=C\CC2=C(CC1)C(=O)N(C)C2. The molecule has 11 nitrogen and oxygen atoms in total. The number of ether oxygens (including phenoxy) is 1. The third-order valence-electron chi connectivity index (χ3n) is 7.60. The van der Waals surface area contributed by atoms with Crippen LogP contribution in [0.5, 0.6) is 0 Å². The predicted molar refractivity (Wildman–Crippen MR) is 191 cm³/mol. The van der Waals surface area contributed by atoms with Crippen LogP contribution in [0.15, 0.2) is 39.4 Å². The molecule has 3 aliphatic rings. The number of hydrogen-bond donors (Lipinski definition) is 4. The number of carbonyl (C=O) groups excluding carboxylic acids is 4. The molecule has 0 saturated carbocycles. The summed E-state index contributed by atoms with van der Waals surface area (Å²) in [5, 5.41) is 10.6. The van der Waals surface area contributed by atoms with E-state index in [0.717, 1.165) is 31.4 Å². The van der Waals surface area contributed by atoms with Crippen molar-refractivity contribution in [3.8, 4) is 12.3 Å². The molecule has 272 valence electrons. The number of furan rings is 1. The molecule has 5 amide bonds. The first-order chi connectivity index (χ1) is 23.5. The summed E-state index contributed by atoms with van der Waals surface area (Å²) in [6, 6.07) is 0.506. The second kappa shape index (κ2) is 23.2. The number of likely N-dealkylation sites (N-methyl/N-ethyl adjacent to an activating group) is 1. The number of carbonyl (C=O) groups is 4. The van der Waals surface area contributed by atoms with E-state index in [1.165, 1.54) is 5.57 Å². The summed E-state index contributed by atoms with van der Waals surface area (Å²) < 4.78 is 24.5. The van der Waals surface area contributed by atoms with Crippen molar-refractivity contribution in [2.75, 3.05) is 40.5 Å². The molecule has 4 N–H and O–H groups in total. The van der Waals surface area contributed by atoms with E-state index in [0.29, 0.717) is 48.2 Å². The van der Waals surface area contributed by atoms with Crippen LogP contribution < -0.4 is 21.3 Å². The zero-order valence-electron chi connectivity index (χ0n) is 30.5. The van der Waals surface area contributed by atoms with E-state index in [2.05, 4.69) is 45.8 Å². The third-order valence-corrected chi connectivity index (χ3v) is 7.60. The van der Waals surface area contributed by atoms with Gasteiger partial charge in [0.1, 0.15) is 18.2 Å². The van der Waals surface area contributed by atoms with Crippen LogP contribution in [0.4, 0.5) is 9.18 Å². The number of methoxy groups -OCH3 is 1. The second-order valence-electron chi connectivity index (χ2n) is 11.6. The fourth-order valence-corrected chi connectivity index (χ4v) is 5.19. The Morgan fingerprint density at radius 2 is 1.94 bits per heavy atom. The van der Waals surface area contributed by atoms with Crippen molar-refractivity contribution in [1.82, 2.24) is 26.2 Å². The van der Waals surface area contributed by atoms with E-state index in [1.807, 2.05) is 41.7 Å². The van der Waals surface area contributed by atoms with Gasteiger partial charge < -0.3 is 30.0 Å². The van der Waals surface area contributed by atoms with Crippen molar-refractivity contribution in [2.45, 2.75) is 98.3 Å². The number of allylic oxidation sites excluding steroid dienone is 2. The summed E-state index contributed by atoms with van der Waals surface area (Å²) in [6.07, 6.45) is 14.3. The number of nitrogens with one attached hydrogen (secondary N) is 4. The van der Waals surface area contributed by atoms with E-state index in [9.17, 15) is 23.6 Å². The highest BCUT2D eigenvalue weighted by Crippen LogP contribution is 2.28. The van der Waals surface area contributed by atoms with Crippen LogP contribution >= 0.6 is 0 Å². The lowest BCUT2D eigenvalue weighted by Crippen LogP contribution is -2.34. The smallest absolute Gasteiger partial charge is 0.322 e. The molecular formula is C37H56FN5O6. The zero-order chi connectivity index (χ0) is 36.9. The largest absolute Gasteiger partial charge is 0.463 e. The van der Waals surface area contributed by atoms with E-state index in [1.54, 1.807) is 31.1 Å². The average Bonchev–Trinajstić information content (AvgIpc) is 3.72. The van der Waals surface area contributed by atoms with Gasteiger partial charge in [0.25, 0.3) is 5.91 Å². The molecule has 1 fully saturated rings. The van der Waals surface area contributed by atoms with Gasteiger partial charge in [-0.2, -0.15) is 0 Å². The lowest BCUT2D eigenvalue weighted by molar-refractivity contribution is -0.124. The van der Waals surface area contributed by atoms with Crippen molar-refractivity contribution in [3.05, 3.63) is 52.0 Å². The van der Waals surface area contributed by atoms with E-state index in [-0.39, 0.29) is 30.8 Å². The Kier molecular flexibility index (Phi) is 20.3. The minimum absolute atomic E-state index is 0.135. The van der Waals surface area contributed by atoms with Crippen LogP contribution in [0.25, 0.3) is 6.08 Å². The molecule has 12 heteroatoms. The van der Waals surface area contributed by atoms with Gasteiger partial charge in [-0.05, 0) is 55.9 Å². The van der Waals surface area contributed by atoms with Crippen molar-refractivity contribution in [2.24, 2.45) is 0 Å². The molecule has 4 rings (SSSR count). The topological polar surface area (TPSA) is 142 Å². The van der Waals surface area contributed by atoms with Gasteiger partial charge in [0.05, 0.1) is 6.10 Å². The van der Waals surface area contributed by atoms with Crippen LogP contribution in [0.3, 0.4) is 0 Å². The molecule has 0 aromatic carbocycles. The molecule has 1 saturated heterocycles. The fraction of sp³-hybridized carbons (Fsp3) is 0.568. The molecule has 3 heterocycles. The zero-order valence-corrected chi connectivity index (χ0v) is 30.5. The van der Waals surface area contributed by atoms with Crippen molar-refractivity contribution < 1.29 is 32.7 Å². The number of terminal acetylenes is 1. The van der Waals surface area contributed by atoms with Gasteiger partial charge in [0.15, 0.2) is 6.04 Å². The molecule has 2 unspecified atom stereocenters. The Bertz CT molecular complexity index is 1370. The Hall–Kier alpha value is -4.21. The quantitative estimate of drug-likeness (QED) is 0.103. The maximum Gasteiger partial charge on any atom is 0.322 e. The number of urea groups is 1. The first kappa shape index (κ1) is 42.8. The maximum absolute atomic E-state index is 13.5. The molecule has 2 aliphatic heterocycles. The van der Waals surface area contributed by atoms with Gasteiger partial charge in [0, 0.05) is 63.8 Å². The highest BCUT2D eigenvalue weighted by Gasteiger charge is 2.34. The molecule has 1 aliphatic carbocycles. The Morgan fingerprint density at radius 3 is 2.51 bits per heavy atom. The summed E-state index contributed by atoms with van der Waals surface area (Å²) in [5.41, 5.74) is 3.41. The third kappa shape index (κ3) is 14.4. The van der Waals surface area contributed by atoms with Crippen LogP contribution in [-0.2, 0) is 25.5 Å². The number of alkyl halides is 1. The number of nitrogens with zero attached hydrogens (tertiary/aromatic N) is 1. The highest BCUT2D eigenvalue weighted by molar-refractivity contribution is 6.04. The van der Waals surface area contributed by atoms with Gasteiger partial charge in [-0.1, -0.05) is 46.8 Å². The normalized spacial score (nSPS) is 19.1. The van der Waals surface area contributed by atoms with Gasteiger partial charge in [0.2, 0.25) is 11.8 Å². The summed E-state index contributed by atoms with van der Waals surface area (Å²) in [6.45, 7) is 12.9. The number of imide groups is 1. The Balaban J connectivity index is 0.000000499. The summed E-state index contributed by atoms with van der Waals surface area (Å²) in [5.74, 6) is 2.71. The van der Waals surface area contributed by atoms with Gasteiger partial charge in [-0.3, -0.25) is 19.7 Å². The van der Waals surface area contributed by atoms with Gasteiger partial charge >= 0.3 is 6.03 Å². The van der Waals surface area contributed by atoms with Crippen LogP contribution in [0.2, 0.25) is 0 Å². The number of amides is 5. The van der Waals surface area contributed by atoms with Crippen molar-refractivity contribution in [3.63, 3.8) is 0 Å². The first-order valence-electron chi connectivity index (χ1n) is 17.0. The Labute approximate surface area is 291 Å². The number of aryl methyl sites for hydroxylation is 1. The second-order valence-corrected chi connectivity index (χ2v) is 11.6. The lowest BCUT2D eigenvalue weighted by atomic mass is 9.98. The molecule has 49 heavy (non-hydrogen) atoms. The average molecular weight is 686 g/mol. The molecule has 2 atom stereocenters. The van der Waals surface area contributed by atoms with E-state index in [4.69, 9.17) is 9.15 Å². The molecule has 0 spiro atoms. The minimum atomic E-state index is -0.894. The van der Waals surface area contributed by atoms with Crippen LogP contribution in [-0.4, -0.2) is 81.3 Å². The van der Waals surface area contributed by atoms with Crippen molar-refractivity contribution in [1.29, 1.82) is 0 Å². The monoisotopic (exact) mass is 685 g/mol. The Morgan fingerprint density at radius 1 is 1.24 bits per heavy atom. The highest BCUT2D eigenvalue weighted by atomic mass is 19.1. The number of rotatable bonds is 12. The molecule has 1 aromatic heterocycles. The van der Waals surface area contributed by atoms with E-state index < -0.39 is 24.7 Å². The fourth-order valence-electron chi connectivity index (χ4n) is 5.19. The molecular weight excluding hydrogens is 629 g/mol. The summed E-state index contributed by atoms with van der Waals surface area (Å²) in [4.78, 5) is 48.7. The summed E-state index contributed by atoms with van der Waals surface area (Å²) >= 11 is 0. The number of hydrogen-bond acceptors (Lipinski definition) is 7. The number of halogens is 1. The van der Waals surface area contributed by atoms with E-state index >= 15 is 0 Å².